The van der Waals surface area contributed by atoms with E-state index in [-0.39, 0.29) is 11.8 Å². The van der Waals surface area contributed by atoms with Crippen LogP contribution in [0.5, 0.6) is 0 Å². The molecule has 0 aliphatic carbocycles. The lowest BCUT2D eigenvalue weighted by Gasteiger charge is -2.11. The number of carbonyl (C=O) groups excluding carboxylic acids is 2. The molecule has 5 nitrogen and oxygen atoms in total. The number of nitrogens with one attached hydrogen (secondary N) is 2. The number of rotatable bonds is 7. The number of carbonyl (C=O) groups is 2. The van der Waals surface area contributed by atoms with Gasteiger partial charge >= 0.3 is 0 Å². The zero-order valence-corrected chi connectivity index (χ0v) is 13.1. The molecule has 0 spiro atoms. The van der Waals surface area contributed by atoms with Gasteiger partial charge in [0.25, 0.3) is 5.91 Å². The SMILES string of the molecule is CCCC(N)C(=O)NCCNC(=O)c1ccc(Br)cc1. The van der Waals surface area contributed by atoms with Crippen LogP contribution in [-0.4, -0.2) is 30.9 Å². The first-order valence-corrected chi connectivity index (χ1v) is 7.41. The molecule has 0 aliphatic heterocycles. The number of hydrogen-bond donors (Lipinski definition) is 3. The zero-order chi connectivity index (χ0) is 15.0. The van der Waals surface area contributed by atoms with Crippen molar-refractivity contribution < 1.29 is 9.59 Å². The molecule has 0 fully saturated rings. The van der Waals surface area contributed by atoms with E-state index in [1.807, 2.05) is 6.92 Å². The third kappa shape index (κ3) is 5.71. The lowest BCUT2D eigenvalue weighted by Crippen LogP contribution is -2.43. The van der Waals surface area contributed by atoms with Crippen LogP contribution >= 0.6 is 15.9 Å². The summed E-state index contributed by atoms with van der Waals surface area (Å²) >= 11 is 3.31. The molecule has 1 aromatic carbocycles. The van der Waals surface area contributed by atoms with Gasteiger partial charge in [0.05, 0.1) is 6.04 Å². The first kappa shape index (κ1) is 16.7. The Kier molecular flexibility index (Phi) is 7.25. The molecule has 0 heterocycles. The Balaban J connectivity index is 2.25. The van der Waals surface area contributed by atoms with Crippen molar-refractivity contribution in [2.75, 3.05) is 13.1 Å². The van der Waals surface area contributed by atoms with Crippen molar-refractivity contribution in [3.8, 4) is 0 Å². The minimum Gasteiger partial charge on any atom is -0.353 e. The second-order valence-electron chi connectivity index (χ2n) is 4.45. The highest BCUT2D eigenvalue weighted by atomic mass is 79.9. The summed E-state index contributed by atoms with van der Waals surface area (Å²) in [6, 6.07) is 6.60. The van der Waals surface area contributed by atoms with Crippen LogP contribution < -0.4 is 16.4 Å². The molecule has 1 aromatic rings. The van der Waals surface area contributed by atoms with Gasteiger partial charge < -0.3 is 16.4 Å². The van der Waals surface area contributed by atoms with Crippen molar-refractivity contribution in [3.63, 3.8) is 0 Å². The first-order valence-electron chi connectivity index (χ1n) is 6.61. The molecule has 0 bridgehead atoms. The maximum Gasteiger partial charge on any atom is 0.251 e. The maximum atomic E-state index is 11.8. The van der Waals surface area contributed by atoms with Crippen molar-refractivity contribution in [1.29, 1.82) is 0 Å². The van der Waals surface area contributed by atoms with E-state index in [1.165, 1.54) is 0 Å². The smallest absolute Gasteiger partial charge is 0.251 e. The van der Waals surface area contributed by atoms with Crippen molar-refractivity contribution >= 4 is 27.7 Å². The van der Waals surface area contributed by atoms with Gasteiger partial charge in [-0.3, -0.25) is 9.59 Å². The minimum atomic E-state index is -0.470. The average Bonchev–Trinajstić information content (AvgIpc) is 2.44. The van der Waals surface area contributed by atoms with E-state index >= 15 is 0 Å². The maximum absolute atomic E-state index is 11.8. The van der Waals surface area contributed by atoms with Crippen LogP contribution in [0.3, 0.4) is 0 Å². The van der Waals surface area contributed by atoms with Gasteiger partial charge in [0.2, 0.25) is 5.91 Å². The summed E-state index contributed by atoms with van der Waals surface area (Å²) in [4.78, 5) is 23.3. The summed E-state index contributed by atoms with van der Waals surface area (Å²) in [5, 5.41) is 5.43. The van der Waals surface area contributed by atoms with Crippen molar-refractivity contribution in [2.24, 2.45) is 5.73 Å². The van der Waals surface area contributed by atoms with Crippen LogP contribution in [-0.2, 0) is 4.79 Å². The fourth-order valence-electron chi connectivity index (χ4n) is 1.64. The Bertz CT molecular complexity index is 448. The molecule has 1 rings (SSSR count). The second kappa shape index (κ2) is 8.71. The zero-order valence-electron chi connectivity index (χ0n) is 11.5. The Hall–Kier alpha value is -1.40. The lowest BCUT2D eigenvalue weighted by atomic mass is 10.2. The van der Waals surface area contributed by atoms with E-state index in [9.17, 15) is 9.59 Å². The van der Waals surface area contributed by atoms with Crippen molar-refractivity contribution in [1.82, 2.24) is 10.6 Å². The number of halogens is 1. The van der Waals surface area contributed by atoms with Crippen LogP contribution in [0.4, 0.5) is 0 Å². The Morgan fingerprint density at radius 1 is 1.20 bits per heavy atom. The molecule has 0 aromatic heterocycles. The van der Waals surface area contributed by atoms with E-state index in [1.54, 1.807) is 24.3 Å². The molecule has 4 N–H and O–H groups in total. The highest BCUT2D eigenvalue weighted by molar-refractivity contribution is 9.10. The monoisotopic (exact) mass is 341 g/mol. The number of hydrogen-bond acceptors (Lipinski definition) is 3. The average molecular weight is 342 g/mol. The lowest BCUT2D eigenvalue weighted by molar-refractivity contribution is -0.122. The molecule has 0 saturated heterocycles. The molecule has 0 aliphatic rings. The van der Waals surface area contributed by atoms with Gasteiger partial charge in [0.1, 0.15) is 0 Å². The van der Waals surface area contributed by atoms with E-state index in [0.717, 1.165) is 10.9 Å². The summed E-state index contributed by atoms with van der Waals surface area (Å²) in [6.45, 7) is 2.73. The quantitative estimate of drug-likeness (QED) is 0.656. The molecule has 110 valence electrons. The highest BCUT2D eigenvalue weighted by Crippen LogP contribution is 2.10. The summed E-state index contributed by atoms with van der Waals surface area (Å²) < 4.78 is 0.922. The first-order chi connectivity index (χ1) is 9.54. The minimum absolute atomic E-state index is 0.162. The number of nitrogens with two attached hydrogens (primary N) is 1. The molecule has 20 heavy (non-hydrogen) atoms. The molecule has 0 radical (unpaired) electrons. The summed E-state index contributed by atoms with van der Waals surface area (Å²) in [6.07, 6.45) is 1.53. The molecule has 1 atom stereocenters. The van der Waals surface area contributed by atoms with Gasteiger partial charge in [0.15, 0.2) is 0 Å². The van der Waals surface area contributed by atoms with Crippen LogP contribution in [0.2, 0.25) is 0 Å². The summed E-state index contributed by atoms with van der Waals surface area (Å²) in [5.41, 5.74) is 6.26. The van der Waals surface area contributed by atoms with Crippen molar-refractivity contribution in [2.45, 2.75) is 25.8 Å². The number of benzene rings is 1. The molecule has 2 amide bonds. The third-order valence-electron chi connectivity index (χ3n) is 2.75. The molecule has 6 heteroatoms. The Morgan fingerprint density at radius 3 is 2.40 bits per heavy atom. The standard InChI is InChI=1S/C14H20BrN3O2/c1-2-3-12(16)14(20)18-9-8-17-13(19)10-4-6-11(15)7-5-10/h4-7,12H,2-3,8-9,16H2,1H3,(H,17,19)(H,18,20). The Labute approximate surface area is 127 Å². The molecule has 1 unspecified atom stereocenters. The summed E-state index contributed by atoms with van der Waals surface area (Å²) in [5.74, 6) is -0.339. The van der Waals surface area contributed by atoms with Gasteiger partial charge in [-0.2, -0.15) is 0 Å². The van der Waals surface area contributed by atoms with Crippen LogP contribution in [0.1, 0.15) is 30.1 Å². The topological polar surface area (TPSA) is 84.2 Å². The van der Waals surface area contributed by atoms with Crippen LogP contribution in [0.25, 0.3) is 0 Å². The molecule has 0 saturated carbocycles. The molecular weight excluding hydrogens is 322 g/mol. The van der Waals surface area contributed by atoms with E-state index in [0.29, 0.717) is 25.1 Å². The van der Waals surface area contributed by atoms with Gasteiger partial charge in [-0.05, 0) is 30.7 Å². The van der Waals surface area contributed by atoms with Crippen LogP contribution in [0, 0.1) is 0 Å². The van der Waals surface area contributed by atoms with Gasteiger partial charge in [-0.25, -0.2) is 0 Å². The predicted octanol–water partition coefficient (Wildman–Crippen LogP) is 1.42. The highest BCUT2D eigenvalue weighted by Gasteiger charge is 2.11. The van der Waals surface area contributed by atoms with Gasteiger partial charge in [-0.15, -0.1) is 0 Å². The fourth-order valence-corrected chi connectivity index (χ4v) is 1.90. The van der Waals surface area contributed by atoms with E-state index in [2.05, 4.69) is 26.6 Å². The summed E-state index contributed by atoms with van der Waals surface area (Å²) in [7, 11) is 0. The van der Waals surface area contributed by atoms with Crippen molar-refractivity contribution in [3.05, 3.63) is 34.3 Å². The second-order valence-corrected chi connectivity index (χ2v) is 5.36. The normalized spacial score (nSPS) is 11.8. The van der Waals surface area contributed by atoms with Gasteiger partial charge in [-0.1, -0.05) is 29.3 Å². The van der Waals surface area contributed by atoms with E-state index < -0.39 is 6.04 Å². The largest absolute Gasteiger partial charge is 0.353 e. The fraction of sp³-hybridized carbons (Fsp3) is 0.429. The van der Waals surface area contributed by atoms with Crippen LogP contribution in [0.15, 0.2) is 28.7 Å². The molecular formula is C14H20BrN3O2. The predicted molar refractivity (Wildman–Crippen MR) is 82.4 cm³/mol. The number of amides is 2. The van der Waals surface area contributed by atoms with Gasteiger partial charge in [0, 0.05) is 23.1 Å². The Morgan fingerprint density at radius 2 is 1.80 bits per heavy atom. The third-order valence-corrected chi connectivity index (χ3v) is 3.28. The van der Waals surface area contributed by atoms with E-state index in [4.69, 9.17) is 5.73 Å².